The molecule has 2 rings (SSSR count). The fourth-order valence-electron chi connectivity index (χ4n) is 0.865. The highest BCUT2D eigenvalue weighted by molar-refractivity contribution is 7.99. The summed E-state index contributed by atoms with van der Waals surface area (Å²) in [4.78, 5) is 12.1. The standard InChI is InChI=1S/C8H5Cl2N5S/c1-4-2-11-8(12-3-4)16-6-5(9)14-15-7(10)13-6/h2-3H,1H3. The fourth-order valence-corrected chi connectivity index (χ4v) is 1.87. The molecule has 0 bridgehead atoms. The molecule has 0 aliphatic heterocycles. The van der Waals surface area contributed by atoms with Gasteiger partial charge < -0.3 is 0 Å². The second kappa shape index (κ2) is 4.90. The van der Waals surface area contributed by atoms with E-state index in [4.69, 9.17) is 23.2 Å². The smallest absolute Gasteiger partial charge is 0.231 e. The third-order valence-corrected chi connectivity index (χ3v) is 2.93. The molecule has 2 aromatic heterocycles. The monoisotopic (exact) mass is 273 g/mol. The molecular formula is C8H5Cl2N5S. The van der Waals surface area contributed by atoms with E-state index in [0.29, 0.717) is 10.2 Å². The number of hydrogen-bond donors (Lipinski definition) is 0. The van der Waals surface area contributed by atoms with Crippen molar-refractivity contribution in [2.45, 2.75) is 17.1 Å². The summed E-state index contributed by atoms with van der Waals surface area (Å²) in [5.74, 6) is 0. The van der Waals surface area contributed by atoms with Crippen LogP contribution in [-0.4, -0.2) is 25.1 Å². The number of halogens is 2. The van der Waals surface area contributed by atoms with Crippen LogP contribution in [0.25, 0.3) is 0 Å². The predicted molar refractivity (Wildman–Crippen MR) is 60.7 cm³/mol. The Morgan fingerprint density at radius 3 is 2.50 bits per heavy atom. The van der Waals surface area contributed by atoms with Crippen LogP contribution in [0.3, 0.4) is 0 Å². The lowest BCUT2D eigenvalue weighted by atomic mass is 10.4. The van der Waals surface area contributed by atoms with Crippen molar-refractivity contribution in [3.8, 4) is 0 Å². The largest absolute Gasteiger partial charge is 0.244 e. The van der Waals surface area contributed by atoms with Gasteiger partial charge in [0.1, 0.15) is 5.03 Å². The molecule has 0 atom stereocenters. The van der Waals surface area contributed by atoms with Gasteiger partial charge in [-0.15, -0.1) is 10.2 Å². The van der Waals surface area contributed by atoms with Crippen molar-refractivity contribution in [2.75, 3.05) is 0 Å². The highest BCUT2D eigenvalue weighted by Crippen LogP contribution is 2.27. The third kappa shape index (κ3) is 2.78. The molecule has 0 amide bonds. The molecule has 0 radical (unpaired) electrons. The van der Waals surface area contributed by atoms with Gasteiger partial charge in [0.25, 0.3) is 0 Å². The number of nitrogens with zero attached hydrogens (tertiary/aromatic N) is 5. The van der Waals surface area contributed by atoms with Gasteiger partial charge in [0, 0.05) is 12.4 Å². The van der Waals surface area contributed by atoms with Crippen LogP contribution in [-0.2, 0) is 0 Å². The summed E-state index contributed by atoms with van der Waals surface area (Å²) >= 11 is 12.6. The Balaban J connectivity index is 2.26. The van der Waals surface area contributed by atoms with Crippen LogP contribution < -0.4 is 0 Å². The molecule has 0 aliphatic rings. The molecule has 0 aliphatic carbocycles. The molecule has 0 fully saturated rings. The summed E-state index contributed by atoms with van der Waals surface area (Å²) in [6.45, 7) is 1.91. The molecule has 16 heavy (non-hydrogen) atoms. The van der Waals surface area contributed by atoms with Gasteiger partial charge in [0.2, 0.25) is 5.28 Å². The van der Waals surface area contributed by atoms with Crippen molar-refractivity contribution >= 4 is 35.0 Å². The van der Waals surface area contributed by atoms with E-state index in [1.54, 1.807) is 12.4 Å². The molecule has 5 nitrogen and oxygen atoms in total. The van der Waals surface area contributed by atoms with Crippen molar-refractivity contribution in [3.63, 3.8) is 0 Å². The lowest BCUT2D eigenvalue weighted by Gasteiger charge is -2.00. The molecule has 0 aromatic carbocycles. The second-order valence-corrected chi connectivity index (χ2v) is 4.47. The molecule has 8 heteroatoms. The first kappa shape index (κ1) is 11.5. The Morgan fingerprint density at radius 1 is 1.12 bits per heavy atom. The van der Waals surface area contributed by atoms with E-state index in [0.717, 1.165) is 5.56 Å². The van der Waals surface area contributed by atoms with Crippen LogP contribution in [0.15, 0.2) is 22.6 Å². The van der Waals surface area contributed by atoms with Crippen LogP contribution in [0.5, 0.6) is 0 Å². The van der Waals surface area contributed by atoms with Gasteiger partial charge in [-0.05, 0) is 35.9 Å². The maximum Gasteiger partial charge on any atom is 0.244 e. The van der Waals surface area contributed by atoms with Crippen molar-refractivity contribution in [1.29, 1.82) is 0 Å². The molecule has 0 saturated carbocycles. The molecule has 82 valence electrons. The first-order valence-electron chi connectivity index (χ1n) is 4.17. The van der Waals surface area contributed by atoms with E-state index in [1.807, 2.05) is 6.92 Å². The van der Waals surface area contributed by atoms with E-state index in [-0.39, 0.29) is 10.4 Å². The zero-order valence-corrected chi connectivity index (χ0v) is 10.4. The van der Waals surface area contributed by atoms with Crippen molar-refractivity contribution in [3.05, 3.63) is 28.4 Å². The van der Waals surface area contributed by atoms with Gasteiger partial charge in [-0.25, -0.2) is 15.0 Å². The van der Waals surface area contributed by atoms with E-state index in [2.05, 4.69) is 25.1 Å². The maximum atomic E-state index is 5.81. The molecule has 0 spiro atoms. The normalized spacial score (nSPS) is 10.4. The fraction of sp³-hybridized carbons (Fsp3) is 0.125. The predicted octanol–water partition coefficient (Wildman–Crippen LogP) is 2.43. The van der Waals surface area contributed by atoms with Crippen molar-refractivity contribution < 1.29 is 0 Å². The quantitative estimate of drug-likeness (QED) is 0.783. The Labute approximate surface area is 106 Å². The van der Waals surface area contributed by atoms with E-state index in [9.17, 15) is 0 Å². The Kier molecular flexibility index (Phi) is 3.52. The third-order valence-electron chi connectivity index (χ3n) is 1.54. The Hall–Kier alpha value is -0.980. The maximum absolute atomic E-state index is 5.81. The second-order valence-electron chi connectivity index (χ2n) is 2.82. The van der Waals surface area contributed by atoms with Gasteiger partial charge in [-0.3, -0.25) is 0 Å². The highest BCUT2D eigenvalue weighted by atomic mass is 35.5. The average molecular weight is 274 g/mol. The summed E-state index contributed by atoms with van der Waals surface area (Å²) in [6, 6.07) is 0. The number of aryl methyl sites for hydroxylation is 1. The summed E-state index contributed by atoms with van der Waals surface area (Å²) in [6.07, 6.45) is 3.42. The van der Waals surface area contributed by atoms with Crippen LogP contribution in [0.4, 0.5) is 0 Å². The first-order chi connectivity index (χ1) is 7.65. The minimum atomic E-state index is 0.0408. The first-order valence-corrected chi connectivity index (χ1v) is 5.74. The van der Waals surface area contributed by atoms with Gasteiger partial charge in [-0.1, -0.05) is 11.6 Å². The molecular weight excluding hydrogens is 269 g/mol. The molecule has 2 heterocycles. The van der Waals surface area contributed by atoms with Crippen LogP contribution in [0, 0.1) is 6.92 Å². The lowest BCUT2D eigenvalue weighted by Crippen LogP contribution is -1.93. The lowest BCUT2D eigenvalue weighted by molar-refractivity contribution is 0.893. The summed E-state index contributed by atoms with van der Waals surface area (Å²) < 4.78 is 0. The summed E-state index contributed by atoms with van der Waals surface area (Å²) in [5, 5.41) is 8.34. The van der Waals surface area contributed by atoms with Crippen LogP contribution in [0.1, 0.15) is 5.56 Å². The minimum Gasteiger partial charge on any atom is -0.231 e. The highest BCUT2D eigenvalue weighted by Gasteiger charge is 2.09. The van der Waals surface area contributed by atoms with Crippen LogP contribution in [0.2, 0.25) is 10.4 Å². The summed E-state index contributed by atoms with van der Waals surface area (Å²) in [7, 11) is 0. The number of rotatable bonds is 2. The molecule has 0 unspecified atom stereocenters. The van der Waals surface area contributed by atoms with Crippen molar-refractivity contribution in [2.24, 2.45) is 0 Å². The number of hydrogen-bond acceptors (Lipinski definition) is 6. The molecule has 0 N–H and O–H groups in total. The Morgan fingerprint density at radius 2 is 1.81 bits per heavy atom. The minimum absolute atomic E-state index is 0.0408. The van der Waals surface area contributed by atoms with Gasteiger partial charge >= 0.3 is 0 Å². The van der Waals surface area contributed by atoms with Gasteiger partial charge in [0.15, 0.2) is 10.3 Å². The Bertz CT molecular complexity index is 504. The molecule has 2 aromatic rings. The van der Waals surface area contributed by atoms with Gasteiger partial charge in [-0.2, -0.15) is 0 Å². The average Bonchev–Trinajstić information content (AvgIpc) is 2.27. The van der Waals surface area contributed by atoms with E-state index >= 15 is 0 Å². The van der Waals surface area contributed by atoms with E-state index in [1.165, 1.54) is 11.8 Å². The zero-order chi connectivity index (χ0) is 11.5. The van der Waals surface area contributed by atoms with Gasteiger partial charge in [0.05, 0.1) is 0 Å². The molecule has 0 saturated heterocycles. The van der Waals surface area contributed by atoms with Crippen LogP contribution >= 0.6 is 35.0 Å². The summed E-state index contributed by atoms with van der Waals surface area (Å²) in [5.41, 5.74) is 0.981. The number of aromatic nitrogens is 5. The van der Waals surface area contributed by atoms with Crippen molar-refractivity contribution in [1.82, 2.24) is 25.1 Å². The zero-order valence-electron chi connectivity index (χ0n) is 8.05. The van der Waals surface area contributed by atoms with E-state index < -0.39 is 0 Å². The topological polar surface area (TPSA) is 64.5 Å². The SMILES string of the molecule is Cc1cnc(Sc2nc(Cl)nnc2Cl)nc1.